The summed E-state index contributed by atoms with van der Waals surface area (Å²) in [6.07, 6.45) is -0.552. The Morgan fingerprint density at radius 1 is 1.43 bits per heavy atom. The molecular formula is C12H14FN3O5. The van der Waals surface area contributed by atoms with Crippen molar-refractivity contribution in [2.24, 2.45) is 5.73 Å². The minimum atomic E-state index is -1.46. The predicted molar refractivity (Wildman–Crippen MR) is 70.3 cm³/mol. The summed E-state index contributed by atoms with van der Waals surface area (Å²) >= 11 is 0. The number of amides is 3. The summed E-state index contributed by atoms with van der Waals surface area (Å²) in [7, 11) is 1.28. The van der Waals surface area contributed by atoms with Crippen LogP contribution in [0.2, 0.25) is 0 Å². The summed E-state index contributed by atoms with van der Waals surface area (Å²) in [5, 5.41) is 13.2. The maximum Gasteiger partial charge on any atom is 0.326 e. The molecule has 1 aromatic carbocycles. The van der Waals surface area contributed by atoms with E-state index in [1.165, 1.54) is 13.2 Å². The number of rotatable bonds is 6. The fourth-order valence-corrected chi connectivity index (χ4v) is 1.49. The second-order valence-corrected chi connectivity index (χ2v) is 4.00. The smallest absolute Gasteiger partial charge is 0.326 e. The number of carboxylic acid groups (broad SMARTS) is 1. The molecule has 0 heterocycles. The number of ether oxygens (including phenoxy) is 1. The molecule has 3 amide bonds. The number of carbonyl (C=O) groups excluding carboxylic acids is 2. The van der Waals surface area contributed by atoms with Crippen molar-refractivity contribution in [3.05, 3.63) is 24.0 Å². The highest BCUT2D eigenvalue weighted by atomic mass is 19.1. The van der Waals surface area contributed by atoms with Crippen LogP contribution in [-0.4, -0.2) is 36.2 Å². The van der Waals surface area contributed by atoms with E-state index in [0.717, 1.165) is 12.1 Å². The van der Waals surface area contributed by atoms with E-state index < -0.39 is 36.2 Å². The molecule has 0 spiro atoms. The molecule has 0 bridgehead atoms. The van der Waals surface area contributed by atoms with E-state index in [1.807, 2.05) is 0 Å². The Morgan fingerprint density at radius 3 is 2.62 bits per heavy atom. The molecule has 114 valence electrons. The Morgan fingerprint density at radius 2 is 2.10 bits per heavy atom. The van der Waals surface area contributed by atoms with Gasteiger partial charge in [-0.15, -0.1) is 0 Å². The van der Waals surface area contributed by atoms with Gasteiger partial charge in [-0.05, 0) is 12.1 Å². The highest BCUT2D eigenvalue weighted by molar-refractivity contribution is 5.94. The summed E-state index contributed by atoms with van der Waals surface area (Å²) in [4.78, 5) is 33.3. The molecule has 1 aromatic rings. The number of urea groups is 1. The van der Waals surface area contributed by atoms with Gasteiger partial charge in [0.05, 0.1) is 19.2 Å². The molecule has 0 unspecified atom stereocenters. The molecule has 5 N–H and O–H groups in total. The Hall–Kier alpha value is -2.84. The fourth-order valence-electron chi connectivity index (χ4n) is 1.49. The van der Waals surface area contributed by atoms with Gasteiger partial charge < -0.3 is 26.2 Å². The van der Waals surface area contributed by atoms with Crippen molar-refractivity contribution in [1.29, 1.82) is 0 Å². The predicted octanol–water partition coefficient (Wildman–Crippen LogP) is 0.284. The topological polar surface area (TPSA) is 131 Å². The van der Waals surface area contributed by atoms with Gasteiger partial charge in [-0.1, -0.05) is 0 Å². The van der Waals surface area contributed by atoms with E-state index in [0.29, 0.717) is 0 Å². The Balaban J connectivity index is 2.76. The molecule has 1 rings (SSSR count). The van der Waals surface area contributed by atoms with E-state index in [1.54, 1.807) is 0 Å². The maximum atomic E-state index is 13.0. The zero-order valence-electron chi connectivity index (χ0n) is 11.1. The molecule has 1 atom stereocenters. The largest absolute Gasteiger partial charge is 0.494 e. The first kappa shape index (κ1) is 16.2. The zero-order valence-corrected chi connectivity index (χ0v) is 11.1. The van der Waals surface area contributed by atoms with Crippen molar-refractivity contribution in [3.63, 3.8) is 0 Å². The highest BCUT2D eigenvalue weighted by Gasteiger charge is 2.22. The van der Waals surface area contributed by atoms with Crippen molar-refractivity contribution >= 4 is 23.6 Å². The standard InChI is InChI=1S/C12H14FN3O5/c1-21-9-4-6(13)2-3-7(9)15-12(20)16-8(11(18)19)5-10(14)17/h2-4,8H,5H2,1H3,(H2,14,17)(H,18,19)(H2,15,16,20)/t8-/m0/s1. The van der Waals surface area contributed by atoms with Crippen LogP contribution < -0.4 is 21.1 Å². The second-order valence-electron chi connectivity index (χ2n) is 4.00. The van der Waals surface area contributed by atoms with Gasteiger partial charge in [0.1, 0.15) is 17.6 Å². The lowest BCUT2D eigenvalue weighted by Gasteiger charge is -2.15. The number of benzene rings is 1. The second kappa shape index (κ2) is 7.08. The molecule has 0 radical (unpaired) electrons. The third-order valence-corrected chi connectivity index (χ3v) is 2.42. The molecule has 0 aromatic heterocycles. The molecule has 21 heavy (non-hydrogen) atoms. The van der Waals surface area contributed by atoms with Gasteiger partial charge in [0, 0.05) is 6.07 Å². The summed E-state index contributed by atoms with van der Waals surface area (Å²) in [6, 6.07) is 1.03. The monoisotopic (exact) mass is 299 g/mol. The minimum Gasteiger partial charge on any atom is -0.494 e. The molecular weight excluding hydrogens is 285 g/mol. The Labute approximate surface area is 119 Å². The van der Waals surface area contributed by atoms with Crippen LogP contribution in [-0.2, 0) is 9.59 Å². The number of primary amides is 1. The third kappa shape index (κ3) is 4.97. The quantitative estimate of drug-likeness (QED) is 0.599. The lowest BCUT2D eigenvalue weighted by atomic mass is 10.2. The molecule has 0 fully saturated rings. The van der Waals surface area contributed by atoms with Crippen LogP contribution >= 0.6 is 0 Å². The van der Waals surface area contributed by atoms with Crippen molar-refractivity contribution in [3.8, 4) is 5.75 Å². The first-order valence-corrected chi connectivity index (χ1v) is 5.75. The van der Waals surface area contributed by atoms with Crippen LogP contribution in [0.25, 0.3) is 0 Å². The molecule has 0 saturated heterocycles. The van der Waals surface area contributed by atoms with E-state index >= 15 is 0 Å². The number of methoxy groups -OCH3 is 1. The van der Waals surface area contributed by atoms with Gasteiger partial charge >= 0.3 is 12.0 Å². The van der Waals surface area contributed by atoms with E-state index in [2.05, 4.69) is 10.6 Å². The van der Waals surface area contributed by atoms with Gasteiger partial charge in [-0.3, -0.25) is 4.79 Å². The number of aliphatic carboxylic acids is 1. The van der Waals surface area contributed by atoms with Crippen molar-refractivity contribution in [2.45, 2.75) is 12.5 Å². The van der Waals surface area contributed by atoms with Gasteiger partial charge in [-0.25, -0.2) is 14.0 Å². The van der Waals surface area contributed by atoms with E-state index in [-0.39, 0.29) is 11.4 Å². The van der Waals surface area contributed by atoms with Gasteiger partial charge in [0.25, 0.3) is 0 Å². The molecule has 0 aliphatic carbocycles. The molecule has 0 saturated carbocycles. The first-order chi connectivity index (χ1) is 9.83. The summed E-state index contributed by atoms with van der Waals surface area (Å²) in [5.74, 6) is -2.78. The molecule has 0 aliphatic rings. The lowest BCUT2D eigenvalue weighted by Crippen LogP contribution is -2.45. The summed E-state index contributed by atoms with van der Waals surface area (Å²) in [6.45, 7) is 0. The molecule has 0 aliphatic heterocycles. The average Bonchev–Trinajstić information content (AvgIpc) is 2.39. The maximum absolute atomic E-state index is 13.0. The molecule has 9 heteroatoms. The fraction of sp³-hybridized carbons (Fsp3) is 0.250. The number of carbonyl (C=O) groups is 3. The third-order valence-electron chi connectivity index (χ3n) is 2.42. The Kier molecular flexibility index (Phi) is 5.47. The van der Waals surface area contributed by atoms with Crippen LogP contribution in [0.15, 0.2) is 18.2 Å². The van der Waals surface area contributed by atoms with Gasteiger partial charge in [0.15, 0.2) is 0 Å². The normalized spacial score (nSPS) is 11.3. The molecule has 8 nitrogen and oxygen atoms in total. The average molecular weight is 299 g/mol. The number of anilines is 1. The van der Waals surface area contributed by atoms with Crippen LogP contribution in [0.3, 0.4) is 0 Å². The SMILES string of the molecule is COc1cc(F)ccc1NC(=O)N[C@@H](CC(N)=O)C(=O)O. The minimum absolute atomic E-state index is 0.0620. The van der Waals surface area contributed by atoms with Crippen molar-refractivity contribution < 1.29 is 28.6 Å². The zero-order chi connectivity index (χ0) is 16.0. The van der Waals surface area contributed by atoms with Crippen LogP contribution in [0.4, 0.5) is 14.9 Å². The van der Waals surface area contributed by atoms with Crippen molar-refractivity contribution in [2.75, 3.05) is 12.4 Å². The van der Waals surface area contributed by atoms with Crippen LogP contribution in [0, 0.1) is 5.82 Å². The van der Waals surface area contributed by atoms with Gasteiger partial charge in [-0.2, -0.15) is 0 Å². The van der Waals surface area contributed by atoms with E-state index in [9.17, 15) is 18.8 Å². The first-order valence-electron chi connectivity index (χ1n) is 5.75. The lowest BCUT2D eigenvalue weighted by molar-refractivity contribution is -0.140. The van der Waals surface area contributed by atoms with Gasteiger partial charge in [0.2, 0.25) is 5.91 Å². The number of carboxylic acids is 1. The number of halogens is 1. The Bertz CT molecular complexity index is 564. The van der Waals surface area contributed by atoms with E-state index in [4.69, 9.17) is 15.6 Å². The highest BCUT2D eigenvalue weighted by Crippen LogP contribution is 2.24. The number of hydrogen-bond donors (Lipinski definition) is 4. The van der Waals surface area contributed by atoms with Crippen LogP contribution in [0.1, 0.15) is 6.42 Å². The number of hydrogen-bond acceptors (Lipinski definition) is 4. The number of nitrogens with one attached hydrogen (secondary N) is 2. The summed E-state index contributed by atoms with van der Waals surface area (Å²) < 4.78 is 17.9. The number of nitrogens with two attached hydrogens (primary N) is 1. The summed E-state index contributed by atoms with van der Waals surface area (Å²) in [5.41, 5.74) is 5.02. The van der Waals surface area contributed by atoms with Crippen molar-refractivity contribution in [1.82, 2.24) is 5.32 Å². The van der Waals surface area contributed by atoms with Crippen LogP contribution in [0.5, 0.6) is 5.75 Å².